The van der Waals surface area contributed by atoms with Crippen molar-refractivity contribution in [3.63, 3.8) is 0 Å². The molecule has 0 aliphatic heterocycles. The summed E-state index contributed by atoms with van der Waals surface area (Å²) >= 11 is 0. The van der Waals surface area contributed by atoms with E-state index in [2.05, 4.69) is 0 Å². The van der Waals surface area contributed by atoms with Crippen LogP contribution >= 0.6 is 0 Å². The van der Waals surface area contributed by atoms with E-state index in [9.17, 15) is 19.5 Å². The minimum atomic E-state index is -1.61. The van der Waals surface area contributed by atoms with Gasteiger partial charge in [0.1, 0.15) is 11.5 Å². The number of aliphatic hydroxyl groups is 1. The number of benzene rings is 3. The molecule has 33 heavy (non-hydrogen) atoms. The fourth-order valence-corrected chi connectivity index (χ4v) is 4.88. The highest BCUT2D eigenvalue weighted by Crippen LogP contribution is 2.48. The summed E-state index contributed by atoms with van der Waals surface area (Å²) in [7, 11) is 1.55. The number of Topliss-reactive ketones (excluding diaryl/α,β-unsaturated/α-hetero) is 3. The van der Waals surface area contributed by atoms with Crippen LogP contribution in [0.5, 0.6) is 5.75 Å². The minimum Gasteiger partial charge on any atom is -0.497 e. The van der Waals surface area contributed by atoms with Crippen molar-refractivity contribution < 1.29 is 24.2 Å². The summed E-state index contributed by atoms with van der Waals surface area (Å²) in [5.74, 6) is -3.28. The van der Waals surface area contributed by atoms with Gasteiger partial charge in [0, 0.05) is 23.5 Å². The van der Waals surface area contributed by atoms with Gasteiger partial charge < -0.3 is 9.84 Å². The summed E-state index contributed by atoms with van der Waals surface area (Å²) < 4.78 is 5.26. The Kier molecular flexibility index (Phi) is 6.25. The Bertz CT molecular complexity index is 1150. The maximum absolute atomic E-state index is 13.7. The topological polar surface area (TPSA) is 80.7 Å². The smallest absolute Gasteiger partial charge is 0.173 e. The minimum absolute atomic E-state index is 0.272. The first-order chi connectivity index (χ1) is 15.8. The van der Waals surface area contributed by atoms with Crippen LogP contribution in [-0.4, -0.2) is 35.2 Å². The lowest BCUT2D eigenvalue weighted by atomic mass is 9.58. The molecule has 3 aromatic rings. The van der Waals surface area contributed by atoms with E-state index in [-0.39, 0.29) is 23.8 Å². The van der Waals surface area contributed by atoms with Crippen LogP contribution in [0.4, 0.5) is 0 Å². The summed E-state index contributed by atoms with van der Waals surface area (Å²) in [4.78, 5) is 40.6. The van der Waals surface area contributed by atoms with Gasteiger partial charge in [0.2, 0.25) is 0 Å². The molecule has 0 spiro atoms. The molecule has 168 valence electrons. The molecule has 0 heterocycles. The van der Waals surface area contributed by atoms with Crippen LogP contribution in [-0.2, 0) is 4.79 Å². The molecule has 1 N–H and O–H groups in total. The van der Waals surface area contributed by atoms with Crippen LogP contribution in [0.1, 0.15) is 45.5 Å². The summed E-state index contributed by atoms with van der Waals surface area (Å²) in [6, 6.07) is 24.3. The molecule has 0 radical (unpaired) electrons. The third kappa shape index (κ3) is 4.37. The second-order valence-corrected chi connectivity index (χ2v) is 8.72. The van der Waals surface area contributed by atoms with Crippen molar-refractivity contribution in [1.29, 1.82) is 0 Å². The van der Waals surface area contributed by atoms with Crippen molar-refractivity contribution in [2.45, 2.75) is 24.9 Å². The van der Waals surface area contributed by atoms with Gasteiger partial charge >= 0.3 is 0 Å². The standard InChI is InChI=1S/C28H26O5/c1-28(32)17-22(29)24(26(30)19-9-5-3-6-10-19)23(18-13-15-21(33-2)16-14-18)25(28)27(31)20-11-7-4-8-12-20/h3-16,23-25,32H,17H2,1-2H3. The highest BCUT2D eigenvalue weighted by molar-refractivity contribution is 6.13. The van der Waals surface area contributed by atoms with Crippen LogP contribution in [0, 0.1) is 11.8 Å². The Labute approximate surface area is 193 Å². The molecular weight excluding hydrogens is 416 g/mol. The molecule has 1 aliphatic rings. The fraction of sp³-hybridized carbons (Fsp3) is 0.250. The predicted octanol–water partition coefficient (Wildman–Crippen LogP) is 4.50. The van der Waals surface area contributed by atoms with Gasteiger partial charge in [0.25, 0.3) is 0 Å². The maximum Gasteiger partial charge on any atom is 0.173 e. The largest absolute Gasteiger partial charge is 0.497 e. The third-order valence-electron chi connectivity index (χ3n) is 6.45. The molecule has 5 heteroatoms. The van der Waals surface area contributed by atoms with E-state index in [0.717, 1.165) is 0 Å². The lowest BCUT2D eigenvalue weighted by molar-refractivity contribution is -0.134. The van der Waals surface area contributed by atoms with Gasteiger partial charge in [0.05, 0.1) is 24.5 Å². The van der Waals surface area contributed by atoms with E-state index in [1.807, 2.05) is 6.07 Å². The van der Waals surface area contributed by atoms with Gasteiger partial charge in [-0.2, -0.15) is 0 Å². The van der Waals surface area contributed by atoms with Gasteiger partial charge in [-0.05, 0) is 24.6 Å². The van der Waals surface area contributed by atoms with E-state index in [0.29, 0.717) is 22.4 Å². The van der Waals surface area contributed by atoms with E-state index < -0.39 is 23.4 Å². The Hall–Kier alpha value is -3.57. The molecule has 1 aliphatic carbocycles. The summed E-state index contributed by atoms with van der Waals surface area (Å²) in [5, 5.41) is 11.4. The highest BCUT2D eigenvalue weighted by Gasteiger charge is 2.55. The maximum atomic E-state index is 13.7. The number of carbonyl (C=O) groups excluding carboxylic acids is 3. The first-order valence-corrected chi connectivity index (χ1v) is 10.9. The van der Waals surface area contributed by atoms with Crippen molar-refractivity contribution in [3.05, 3.63) is 102 Å². The average molecular weight is 443 g/mol. The molecule has 3 aromatic carbocycles. The molecule has 5 nitrogen and oxygen atoms in total. The first-order valence-electron chi connectivity index (χ1n) is 10.9. The van der Waals surface area contributed by atoms with Gasteiger partial charge in [-0.15, -0.1) is 0 Å². The molecule has 0 aromatic heterocycles. The molecule has 4 unspecified atom stereocenters. The van der Waals surface area contributed by atoms with Crippen LogP contribution in [0.2, 0.25) is 0 Å². The van der Waals surface area contributed by atoms with Gasteiger partial charge in [-0.1, -0.05) is 72.8 Å². The van der Waals surface area contributed by atoms with Crippen LogP contribution in [0.3, 0.4) is 0 Å². The Morgan fingerprint density at radius 2 is 1.36 bits per heavy atom. The van der Waals surface area contributed by atoms with E-state index in [4.69, 9.17) is 4.74 Å². The summed E-state index contributed by atoms with van der Waals surface area (Å²) in [5.41, 5.74) is -0.140. The van der Waals surface area contributed by atoms with E-state index in [1.54, 1.807) is 86.0 Å². The van der Waals surface area contributed by atoms with Crippen LogP contribution in [0.15, 0.2) is 84.9 Å². The SMILES string of the molecule is COc1ccc(C2C(C(=O)c3ccccc3)C(=O)CC(C)(O)C2C(=O)c2ccccc2)cc1. The van der Waals surface area contributed by atoms with Crippen molar-refractivity contribution in [2.24, 2.45) is 11.8 Å². The zero-order valence-corrected chi connectivity index (χ0v) is 18.6. The lowest BCUT2D eigenvalue weighted by Gasteiger charge is -2.45. The molecule has 1 fully saturated rings. The number of hydrogen-bond acceptors (Lipinski definition) is 5. The molecule has 0 bridgehead atoms. The summed E-state index contributed by atoms with van der Waals surface area (Å²) in [6.07, 6.45) is -0.272. The monoisotopic (exact) mass is 442 g/mol. The highest BCUT2D eigenvalue weighted by atomic mass is 16.5. The number of carbonyl (C=O) groups is 3. The number of methoxy groups -OCH3 is 1. The molecule has 4 atom stereocenters. The third-order valence-corrected chi connectivity index (χ3v) is 6.45. The number of ketones is 3. The van der Waals surface area contributed by atoms with Crippen molar-refractivity contribution >= 4 is 17.3 Å². The first kappa shape index (κ1) is 22.6. The quantitative estimate of drug-likeness (QED) is 0.449. The van der Waals surface area contributed by atoms with E-state index in [1.165, 1.54) is 6.92 Å². The number of rotatable bonds is 6. The summed E-state index contributed by atoms with van der Waals surface area (Å²) in [6.45, 7) is 1.51. The van der Waals surface area contributed by atoms with Crippen LogP contribution in [0.25, 0.3) is 0 Å². The second kappa shape index (κ2) is 9.12. The zero-order chi connectivity index (χ0) is 23.6. The normalized spacial score (nSPS) is 24.8. The Balaban J connectivity index is 1.88. The molecule has 1 saturated carbocycles. The molecule has 0 amide bonds. The zero-order valence-electron chi connectivity index (χ0n) is 18.6. The van der Waals surface area contributed by atoms with Crippen molar-refractivity contribution in [3.8, 4) is 5.75 Å². The number of ether oxygens (including phenoxy) is 1. The van der Waals surface area contributed by atoms with Crippen molar-refractivity contribution in [2.75, 3.05) is 7.11 Å². The Morgan fingerprint density at radius 1 is 0.848 bits per heavy atom. The van der Waals surface area contributed by atoms with Gasteiger partial charge in [0.15, 0.2) is 11.6 Å². The van der Waals surface area contributed by atoms with Gasteiger partial charge in [-0.25, -0.2) is 0 Å². The number of hydrogen-bond donors (Lipinski definition) is 1. The average Bonchev–Trinajstić information content (AvgIpc) is 2.83. The van der Waals surface area contributed by atoms with Crippen molar-refractivity contribution in [1.82, 2.24) is 0 Å². The van der Waals surface area contributed by atoms with E-state index >= 15 is 0 Å². The fourth-order valence-electron chi connectivity index (χ4n) is 4.88. The predicted molar refractivity (Wildman–Crippen MR) is 125 cm³/mol. The molecule has 4 rings (SSSR count). The van der Waals surface area contributed by atoms with Gasteiger partial charge in [-0.3, -0.25) is 14.4 Å². The molecule has 0 saturated heterocycles. The lowest BCUT2D eigenvalue weighted by Crippen LogP contribution is -2.54. The second-order valence-electron chi connectivity index (χ2n) is 8.72. The molecular formula is C28H26O5. The Morgan fingerprint density at radius 3 is 1.88 bits per heavy atom. The van der Waals surface area contributed by atoms with Crippen LogP contribution < -0.4 is 4.74 Å².